The van der Waals surface area contributed by atoms with E-state index in [0.29, 0.717) is 13.2 Å². The Morgan fingerprint density at radius 1 is 0.778 bits per heavy atom. The van der Waals surface area contributed by atoms with Crippen molar-refractivity contribution in [2.45, 2.75) is 57.4 Å². The van der Waals surface area contributed by atoms with E-state index in [0.717, 1.165) is 16.7 Å². The number of aliphatic hydroxyl groups excluding tert-OH is 1. The van der Waals surface area contributed by atoms with Crippen LogP contribution in [0.25, 0.3) is 0 Å². The predicted octanol–water partition coefficient (Wildman–Crippen LogP) is 3.60. The average molecular weight is 492 g/mol. The van der Waals surface area contributed by atoms with E-state index in [-0.39, 0.29) is 19.1 Å². The SMILES string of the molecule is CC(=O)N[C@@H]1[C@@H](OCc2ccccc2)[C@H](OCc2ccccc2)[C@H](COCc2ccccc2)O[C@@H]1O. The Bertz CT molecular complexity index is 1050. The Hall–Kier alpha value is -3.07. The van der Waals surface area contributed by atoms with Crippen molar-refractivity contribution in [2.75, 3.05) is 6.61 Å². The lowest BCUT2D eigenvalue weighted by atomic mass is 9.96. The van der Waals surface area contributed by atoms with Crippen LogP contribution in [0, 0.1) is 0 Å². The number of hydrogen-bond acceptors (Lipinski definition) is 6. The predicted molar refractivity (Wildman–Crippen MR) is 135 cm³/mol. The van der Waals surface area contributed by atoms with Gasteiger partial charge >= 0.3 is 0 Å². The number of carbonyl (C=O) groups is 1. The molecule has 3 aromatic carbocycles. The van der Waals surface area contributed by atoms with E-state index in [1.54, 1.807) is 0 Å². The van der Waals surface area contributed by atoms with E-state index in [1.165, 1.54) is 6.92 Å². The van der Waals surface area contributed by atoms with Gasteiger partial charge in [-0.25, -0.2) is 0 Å². The zero-order valence-electron chi connectivity index (χ0n) is 20.4. The fourth-order valence-electron chi connectivity index (χ4n) is 4.24. The van der Waals surface area contributed by atoms with Crippen LogP contribution in [0.3, 0.4) is 0 Å². The molecule has 0 unspecified atom stereocenters. The van der Waals surface area contributed by atoms with Gasteiger partial charge in [0.25, 0.3) is 0 Å². The van der Waals surface area contributed by atoms with Gasteiger partial charge in [-0.1, -0.05) is 91.0 Å². The lowest BCUT2D eigenvalue weighted by Crippen LogP contribution is -2.65. The maximum atomic E-state index is 12.0. The van der Waals surface area contributed by atoms with Crippen LogP contribution in [-0.4, -0.2) is 48.3 Å². The zero-order chi connectivity index (χ0) is 25.2. The molecule has 3 aromatic rings. The number of aliphatic hydroxyl groups is 1. The molecule has 4 rings (SSSR count). The van der Waals surface area contributed by atoms with Gasteiger partial charge < -0.3 is 29.4 Å². The molecule has 1 saturated heterocycles. The summed E-state index contributed by atoms with van der Waals surface area (Å²) in [5.74, 6) is -0.295. The molecule has 0 radical (unpaired) electrons. The largest absolute Gasteiger partial charge is 0.374 e. The summed E-state index contributed by atoms with van der Waals surface area (Å²) in [5.41, 5.74) is 2.99. The van der Waals surface area contributed by atoms with E-state index in [4.69, 9.17) is 18.9 Å². The van der Waals surface area contributed by atoms with Crippen molar-refractivity contribution in [1.82, 2.24) is 5.32 Å². The lowest BCUT2D eigenvalue weighted by molar-refractivity contribution is -0.277. The number of nitrogens with one attached hydrogen (secondary N) is 1. The highest BCUT2D eigenvalue weighted by atomic mass is 16.7. The molecule has 7 heteroatoms. The first kappa shape index (κ1) is 26.0. The van der Waals surface area contributed by atoms with Crippen molar-refractivity contribution < 1.29 is 28.8 Å². The molecule has 190 valence electrons. The molecular formula is C29H33NO6. The van der Waals surface area contributed by atoms with Gasteiger partial charge in [0.05, 0.1) is 26.4 Å². The molecule has 1 aliphatic heterocycles. The van der Waals surface area contributed by atoms with Crippen LogP contribution in [-0.2, 0) is 43.6 Å². The van der Waals surface area contributed by atoms with E-state index < -0.39 is 30.6 Å². The van der Waals surface area contributed by atoms with E-state index >= 15 is 0 Å². The monoisotopic (exact) mass is 491 g/mol. The van der Waals surface area contributed by atoms with Crippen LogP contribution in [0.1, 0.15) is 23.6 Å². The van der Waals surface area contributed by atoms with Crippen molar-refractivity contribution in [2.24, 2.45) is 0 Å². The summed E-state index contributed by atoms with van der Waals surface area (Å²) in [5, 5.41) is 13.6. The second kappa shape index (κ2) is 13.3. The molecule has 0 aliphatic carbocycles. The maximum Gasteiger partial charge on any atom is 0.217 e. The Morgan fingerprint density at radius 2 is 1.25 bits per heavy atom. The average Bonchev–Trinajstić information content (AvgIpc) is 2.90. The van der Waals surface area contributed by atoms with Gasteiger partial charge in [0.15, 0.2) is 6.29 Å². The minimum absolute atomic E-state index is 0.184. The number of ether oxygens (including phenoxy) is 4. The summed E-state index contributed by atoms with van der Waals surface area (Å²) in [4.78, 5) is 12.0. The highest BCUT2D eigenvalue weighted by Gasteiger charge is 2.47. The van der Waals surface area contributed by atoms with Crippen LogP contribution in [0.5, 0.6) is 0 Å². The van der Waals surface area contributed by atoms with Crippen LogP contribution < -0.4 is 5.32 Å². The maximum absolute atomic E-state index is 12.0. The fourth-order valence-corrected chi connectivity index (χ4v) is 4.24. The topological polar surface area (TPSA) is 86.3 Å². The number of hydrogen-bond donors (Lipinski definition) is 2. The fraction of sp³-hybridized carbons (Fsp3) is 0.345. The smallest absolute Gasteiger partial charge is 0.217 e. The van der Waals surface area contributed by atoms with Gasteiger partial charge in [-0.3, -0.25) is 4.79 Å². The van der Waals surface area contributed by atoms with Crippen LogP contribution in [0.4, 0.5) is 0 Å². The first-order valence-corrected chi connectivity index (χ1v) is 12.1. The van der Waals surface area contributed by atoms with E-state index in [2.05, 4.69) is 5.32 Å². The quantitative estimate of drug-likeness (QED) is 0.426. The summed E-state index contributed by atoms with van der Waals surface area (Å²) < 4.78 is 24.6. The summed E-state index contributed by atoms with van der Waals surface area (Å²) >= 11 is 0. The molecule has 0 saturated carbocycles. The van der Waals surface area contributed by atoms with Crippen molar-refractivity contribution in [1.29, 1.82) is 0 Å². The van der Waals surface area contributed by atoms with Crippen LogP contribution >= 0.6 is 0 Å². The Balaban J connectivity index is 1.53. The van der Waals surface area contributed by atoms with Gasteiger partial charge in [0.1, 0.15) is 24.4 Å². The molecule has 0 spiro atoms. The molecule has 0 aromatic heterocycles. The third-order valence-electron chi connectivity index (χ3n) is 6.00. The Kier molecular flexibility index (Phi) is 9.61. The zero-order valence-corrected chi connectivity index (χ0v) is 20.4. The van der Waals surface area contributed by atoms with Gasteiger partial charge in [-0.2, -0.15) is 0 Å². The normalized spacial score (nSPS) is 23.8. The minimum Gasteiger partial charge on any atom is -0.374 e. The van der Waals surface area contributed by atoms with Crippen LogP contribution in [0.2, 0.25) is 0 Å². The Labute approximate surface area is 212 Å². The molecule has 1 aliphatic rings. The third-order valence-corrected chi connectivity index (χ3v) is 6.00. The second-order valence-corrected chi connectivity index (χ2v) is 8.81. The molecule has 36 heavy (non-hydrogen) atoms. The van der Waals surface area contributed by atoms with E-state index in [9.17, 15) is 9.90 Å². The number of carbonyl (C=O) groups excluding carboxylic acids is 1. The first-order chi connectivity index (χ1) is 17.6. The van der Waals surface area contributed by atoms with Gasteiger partial charge in [-0.15, -0.1) is 0 Å². The molecule has 0 bridgehead atoms. The highest BCUT2D eigenvalue weighted by Crippen LogP contribution is 2.27. The third kappa shape index (κ3) is 7.46. The Morgan fingerprint density at radius 3 is 1.75 bits per heavy atom. The molecular weight excluding hydrogens is 458 g/mol. The molecule has 5 atom stereocenters. The molecule has 1 amide bonds. The van der Waals surface area contributed by atoms with Crippen molar-refractivity contribution in [3.8, 4) is 0 Å². The van der Waals surface area contributed by atoms with Gasteiger partial charge in [0, 0.05) is 6.92 Å². The van der Waals surface area contributed by atoms with Crippen molar-refractivity contribution in [3.63, 3.8) is 0 Å². The molecule has 7 nitrogen and oxygen atoms in total. The number of amides is 1. The molecule has 1 heterocycles. The highest BCUT2D eigenvalue weighted by molar-refractivity contribution is 5.73. The van der Waals surface area contributed by atoms with Crippen molar-refractivity contribution >= 4 is 5.91 Å². The van der Waals surface area contributed by atoms with Crippen molar-refractivity contribution in [3.05, 3.63) is 108 Å². The van der Waals surface area contributed by atoms with Gasteiger partial charge in [0.2, 0.25) is 5.91 Å². The summed E-state index contributed by atoms with van der Waals surface area (Å²) in [6.07, 6.45) is -3.17. The standard InChI is InChI=1S/C29H33NO6/c1-21(31)30-26-28(35-19-24-15-9-4-10-16-24)27(34-18-23-13-7-3-8-14-23)25(36-29(26)32)20-33-17-22-11-5-2-6-12-22/h2-16,25-29,32H,17-20H2,1H3,(H,30,31)/t25-,26+,27+,28+,29-/m0/s1. The minimum atomic E-state index is -1.28. The molecule has 1 fully saturated rings. The van der Waals surface area contributed by atoms with Gasteiger partial charge in [-0.05, 0) is 16.7 Å². The van der Waals surface area contributed by atoms with E-state index in [1.807, 2.05) is 91.0 Å². The lowest BCUT2D eigenvalue weighted by Gasteiger charge is -2.44. The number of benzene rings is 3. The molecule has 2 N–H and O–H groups in total. The summed E-state index contributed by atoms with van der Waals surface area (Å²) in [6.45, 7) is 2.58. The summed E-state index contributed by atoms with van der Waals surface area (Å²) in [6, 6.07) is 28.6. The first-order valence-electron chi connectivity index (χ1n) is 12.1. The number of rotatable bonds is 11. The summed E-state index contributed by atoms with van der Waals surface area (Å²) in [7, 11) is 0. The van der Waals surface area contributed by atoms with Crippen LogP contribution in [0.15, 0.2) is 91.0 Å². The second-order valence-electron chi connectivity index (χ2n) is 8.81.